The molecule has 1 heterocycles. The molecule has 3 nitrogen and oxygen atoms in total. The molecule has 0 radical (unpaired) electrons. The third-order valence-corrected chi connectivity index (χ3v) is 2.92. The van der Waals surface area contributed by atoms with Gasteiger partial charge >= 0.3 is 0 Å². The highest BCUT2D eigenvalue weighted by Gasteiger charge is 2.12. The Morgan fingerprint density at radius 2 is 2.00 bits per heavy atom. The SMILES string of the molecule is CCN(c1ccccc1)c1cc(Br)cnc1O. The minimum atomic E-state index is 0.0407. The summed E-state index contributed by atoms with van der Waals surface area (Å²) >= 11 is 3.37. The van der Waals surface area contributed by atoms with Crippen LogP contribution in [-0.4, -0.2) is 16.6 Å². The van der Waals surface area contributed by atoms with E-state index in [4.69, 9.17) is 0 Å². The fourth-order valence-electron chi connectivity index (χ4n) is 1.72. The predicted octanol–water partition coefficient (Wildman–Crippen LogP) is 3.71. The van der Waals surface area contributed by atoms with Crippen LogP contribution < -0.4 is 4.90 Å². The van der Waals surface area contributed by atoms with Crippen LogP contribution in [0.5, 0.6) is 5.88 Å². The fraction of sp³-hybridized carbons (Fsp3) is 0.154. The van der Waals surface area contributed by atoms with Crippen molar-refractivity contribution in [2.75, 3.05) is 11.4 Å². The van der Waals surface area contributed by atoms with E-state index in [0.29, 0.717) is 5.69 Å². The number of hydrogen-bond donors (Lipinski definition) is 1. The number of anilines is 2. The fourth-order valence-corrected chi connectivity index (χ4v) is 2.04. The van der Waals surface area contributed by atoms with Crippen molar-refractivity contribution >= 4 is 27.3 Å². The Morgan fingerprint density at radius 1 is 1.29 bits per heavy atom. The van der Waals surface area contributed by atoms with Gasteiger partial charge in [-0.25, -0.2) is 4.98 Å². The van der Waals surface area contributed by atoms with Crippen LogP contribution in [-0.2, 0) is 0 Å². The molecule has 0 aliphatic carbocycles. The Hall–Kier alpha value is -1.55. The lowest BCUT2D eigenvalue weighted by atomic mass is 10.2. The number of halogens is 1. The highest BCUT2D eigenvalue weighted by atomic mass is 79.9. The quantitative estimate of drug-likeness (QED) is 0.937. The molecule has 0 amide bonds. The van der Waals surface area contributed by atoms with Gasteiger partial charge in [-0.05, 0) is 41.1 Å². The van der Waals surface area contributed by atoms with Gasteiger partial charge in [-0.2, -0.15) is 0 Å². The average Bonchev–Trinajstić information content (AvgIpc) is 2.36. The molecule has 1 N–H and O–H groups in total. The zero-order valence-corrected chi connectivity index (χ0v) is 11.1. The van der Waals surface area contributed by atoms with Gasteiger partial charge in [0.05, 0.1) is 0 Å². The van der Waals surface area contributed by atoms with Crippen molar-refractivity contribution < 1.29 is 5.11 Å². The summed E-state index contributed by atoms with van der Waals surface area (Å²) in [6.45, 7) is 2.79. The molecule has 17 heavy (non-hydrogen) atoms. The van der Waals surface area contributed by atoms with Crippen LogP contribution in [0.2, 0.25) is 0 Å². The number of rotatable bonds is 3. The van der Waals surface area contributed by atoms with E-state index in [2.05, 4.69) is 20.9 Å². The number of hydrogen-bond acceptors (Lipinski definition) is 3. The molecule has 2 aromatic rings. The van der Waals surface area contributed by atoms with Crippen molar-refractivity contribution in [2.45, 2.75) is 6.92 Å². The van der Waals surface area contributed by atoms with Crippen LogP contribution >= 0.6 is 15.9 Å². The molecule has 0 saturated heterocycles. The first-order chi connectivity index (χ1) is 8.22. The number of aromatic hydroxyl groups is 1. The zero-order chi connectivity index (χ0) is 12.3. The van der Waals surface area contributed by atoms with Crippen LogP contribution in [0, 0.1) is 0 Å². The monoisotopic (exact) mass is 292 g/mol. The third kappa shape index (κ3) is 2.58. The summed E-state index contributed by atoms with van der Waals surface area (Å²) in [7, 11) is 0. The lowest BCUT2D eigenvalue weighted by Crippen LogP contribution is -2.16. The minimum absolute atomic E-state index is 0.0407. The smallest absolute Gasteiger partial charge is 0.235 e. The number of pyridine rings is 1. The molecule has 88 valence electrons. The average molecular weight is 293 g/mol. The number of para-hydroxylation sites is 1. The van der Waals surface area contributed by atoms with E-state index in [1.54, 1.807) is 6.20 Å². The van der Waals surface area contributed by atoms with E-state index in [-0.39, 0.29) is 5.88 Å². The van der Waals surface area contributed by atoms with E-state index in [1.165, 1.54) is 0 Å². The summed E-state index contributed by atoms with van der Waals surface area (Å²) in [6, 6.07) is 11.8. The van der Waals surface area contributed by atoms with E-state index >= 15 is 0 Å². The van der Waals surface area contributed by atoms with Crippen molar-refractivity contribution in [3.05, 3.63) is 47.1 Å². The molecule has 4 heteroatoms. The van der Waals surface area contributed by atoms with Crippen molar-refractivity contribution in [3.63, 3.8) is 0 Å². The van der Waals surface area contributed by atoms with Crippen molar-refractivity contribution in [2.24, 2.45) is 0 Å². The topological polar surface area (TPSA) is 36.4 Å². The van der Waals surface area contributed by atoms with E-state index < -0.39 is 0 Å². The van der Waals surface area contributed by atoms with Crippen molar-refractivity contribution in [1.82, 2.24) is 4.98 Å². The molecule has 0 saturated carbocycles. The van der Waals surface area contributed by atoms with Crippen molar-refractivity contribution in [1.29, 1.82) is 0 Å². The maximum atomic E-state index is 9.82. The lowest BCUT2D eigenvalue weighted by Gasteiger charge is -2.23. The summed E-state index contributed by atoms with van der Waals surface area (Å²) in [5, 5.41) is 9.82. The van der Waals surface area contributed by atoms with Gasteiger partial charge in [-0.3, -0.25) is 0 Å². The number of nitrogens with zero attached hydrogens (tertiary/aromatic N) is 2. The van der Waals surface area contributed by atoms with Crippen LogP contribution in [0.1, 0.15) is 6.92 Å². The lowest BCUT2D eigenvalue weighted by molar-refractivity contribution is 0.454. The van der Waals surface area contributed by atoms with Crippen LogP contribution in [0.3, 0.4) is 0 Å². The molecule has 1 aromatic heterocycles. The van der Waals surface area contributed by atoms with Crippen molar-refractivity contribution in [3.8, 4) is 5.88 Å². The summed E-state index contributed by atoms with van der Waals surface area (Å²) in [6.07, 6.45) is 1.58. The molecule has 1 aromatic carbocycles. The summed E-state index contributed by atoms with van der Waals surface area (Å²) in [4.78, 5) is 5.95. The molecule has 0 atom stereocenters. The molecular weight excluding hydrogens is 280 g/mol. The third-order valence-electron chi connectivity index (χ3n) is 2.49. The molecular formula is C13H13BrN2O. The zero-order valence-electron chi connectivity index (χ0n) is 9.47. The second-order valence-corrected chi connectivity index (χ2v) is 4.49. The highest BCUT2D eigenvalue weighted by Crippen LogP contribution is 2.32. The maximum Gasteiger partial charge on any atom is 0.235 e. The first kappa shape index (κ1) is 11.9. The first-order valence-electron chi connectivity index (χ1n) is 5.39. The summed E-state index contributed by atoms with van der Waals surface area (Å²) in [5.41, 5.74) is 1.73. The predicted molar refractivity (Wildman–Crippen MR) is 72.7 cm³/mol. The molecule has 0 unspecified atom stereocenters. The van der Waals surface area contributed by atoms with Crippen LogP contribution in [0.15, 0.2) is 47.1 Å². The Balaban J connectivity index is 2.46. The molecule has 0 bridgehead atoms. The van der Waals surface area contributed by atoms with Gasteiger partial charge in [0.25, 0.3) is 0 Å². The second-order valence-electron chi connectivity index (χ2n) is 3.58. The molecule has 0 aliphatic rings. The van der Waals surface area contributed by atoms with Gasteiger partial charge in [0, 0.05) is 22.9 Å². The standard InChI is InChI=1S/C13H13BrN2O/c1-2-16(11-6-4-3-5-7-11)12-8-10(14)9-15-13(12)17/h3-9H,2H2,1H3,(H,15,17). The van der Waals surface area contributed by atoms with E-state index in [9.17, 15) is 5.11 Å². The van der Waals surface area contributed by atoms with Gasteiger partial charge in [0.2, 0.25) is 5.88 Å². The van der Waals surface area contributed by atoms with Gasteiger partial charge < -0.3 is 10.0 Å². The summed E-state index contributed by atoms with van der Waals surface area (Å²) < 4.78 is 0.847. The minimum Gasteiger partial charge on any atom is -0.492 e. The number of benzene rings is 1. The normalized spacial score (nSPS) is 10.2. The van der Waals surface area contributed by atoms with Gasteiger partial charge in [-0.15, -0.1) is 0 Å². The molecule has 0 aliphatic heterocycles. The van der Waals surface area contributed by atoms with E-state index in [0.717, 1.165) is 16.7 Å². The van der Waals surface area contributed by atoms with Gasteiger partial charge in [0.1, 0.15) is 5.69 Å². The second kappa shape index (κ2) is 5.19. The Kier molecular flexibility index (Phi) is 3.64. The van der Waals surface area contributed by atoms with Crippen LogP contribution in [0.25, 0.3) is 0 Å². The Bertz CT molecular complexity index is 502. The van der Waals surface area contributed by atoms with E-state index in [1.807, 2.05) is 48.2 Å². The maximum absolute atomic E-state index is 9.82. The first-order valence-corrected chi connectivity index (χ1v) is 6.18. The molecule has 2 rings (SSSR count). The largest absolute Gasteiger partial charge is 0.492 e. The van der Waals surface area contributed by atoms with Gasteiger partial charge in [0.15, 0.2) is 0 Å². The molecule has 0 spiro atoms. The Morgan fingerprint density at radius 3 is 2.65 bits per heavy atom. The summed E-state index contributed by atoms with van der Waals surface area (Å²) in [5.74, 6) is 0.0407. The molecule has 0 fully saturated rings. The van der Waals surface area contributed by atoms with Crippen LogP contribution in [0.4, 0.5) is 11.4 Å². The highest BCUT2D eigenvalue weighted by molar-refractivity contribution is 9.10. The van der Waals surface area contributed by atoms with Gasteiger partial charge in [-0.1, -0.05) is 18.2 Å². The number of aromatic nitrogens is 1. The Labute approximate surface area is 109 Å².